The molecule has 0 aromatic heterocycles. The smallest absolute Gasteiger partial charge is 0.226 e. The number of nitrogens with zero attached hydrogens (tertiary/aromatic N) is 1. The summed E-state index contributed by atoms with van der Waals surface area (Å²) >= 11 is 0. The molecule has 1 amide bonds. The van der Waals surface area contributed by atoms with E-state index in [0.717, 1.165) is 51.2 Å². The molecule has 1 fully saturated rings. The molecule has 1 N–H and O–H groups in total. The van der Waals surface area contributed by atoms with Gasteiger partial charge in [-0.3, -0.25) is 4.79 Å². The quantitative estimate of drug-likeness (QED) is 0.890. The van der Waals surface area contributed by atoms with Crippen molar-refractivity contribution in [1.82, 2.24) is 10.2 Å². The van der Waals surface area contributed by atoms with Gasteiger partial charge in [-0.25, -0.2) is 0 Å². The summed E-state index contributed by atoms with van der Waals surface area (Å²) in [4.78, 5) is 14.6. The van der Waals surface area contributed by atoms with Crippen LogP contribution in [0.15, 0.2) is 18.2 Å². The van der Waals surface area contributed by atoms with Crippen molar-refractivity contribution in [3.63, 3.8) is 0 Å². The van der Waals surface area contributed by atoms with Gasteiger partial charge in [-0.05, 0) is 55.6 Å². The molecule has 108 valence electrons. The van der Waals surface area contributed by atoms with Gasteiger partial charge in [-0.1, -0.05) is 6.07 Å². The Morgan fingerprint density at radius 3 is 2.85 bits per heavy atom. The van der Waals surface area contributed by atoms with Gasteiger partial charge in [0, 0.05) is 19.0 Å². The first-order valence-corrected chi connectivity index (χ1v) is 7.43. The van der Waals surface area contributed by atoms with E-state index in [4.69, 9.17) is 4.74 Å². The molecule has 2 heterocycles. The van der Waals surface area contributed by atoms with E-state index in [1.165, 1.54) is 11.1 Å². The predicted octanol–water partition coefficient (Wildman–Crippen LogP) is 1.58. The normalized spacial score (nSPS) is 19.6. The highest BCUT2D eigenvalue weighted by Gasteiger charge is 2.28. The third-order valence-corrected chi connectivity index (χ3v) is 4.43. The lowest BCUT2D eigenvalue weighted by molar-refractivity contribution is -0.137. The molecule has 0 unspecified atom stereocenters. The van der Waals surface area contributed by atoms with Gasteiger partial charge in [0.15, 0.2) is 0 Å². The number of amides is 1. The van der Waals surface area contributed by atoms with Crippen LogP contribution in [-0.2, 0) is 17.8 Å². The zero-order chi connectivity index (χ0) is 13.9. The lowest BCUT2D eigenvalue weighted by atomic mass is 9.94. The van der Waals surface area contributed by atoms with E-state index in [2.05, 4.69) is 17.4 Å². The summed E-state index contributed by atoms with van der Waals surface area (Å²) < 4.78 is 5.28. The van der Waals surface area contributed by atoms with E-state index in [1.807, 2.05) is 11.0 Å². The van der Waals surface area contributed by atoms with E-state index >= 15 is 0 Å². The number of carbonyl (C=O) groups is 1. The molecule has 0 spiro atoms. The Balaban J connectivity index is 1.72. The minimum atomic E-state index is 0.211. The molecule has 0 bridgehead atoms. The fraction of sp³-hybridized carbons (Fsp3) is 0.562. The van der Waals surface area contributed by atoms with E-state index in [0.29, 0.717) is 5.91 Å². The molecule has 1 saturated heterocycles. The minimum absolute atomic E-state index is 0.211. The molecule has 2 aliphatic heterocycles. The van der Waals surface area contributed by atoms with Crippen molar-refractivity contribution in [2.24, 2.45) is 5.92 Å². The van der Waals surface area contributed by atoms with Crippen LogP contribution in [-0.4, -0.2) is 37.6 Å². The third-order valence-electron chi connectivity index (χ3n) is 4.43. The Morgan fingerprint density at radius 1 is 1.30 bits per heavy atom. The molecule has 1 aromatic rings. The number of hydrogen-bond donors (Lipinski definition) is 1. The second-order valence-electron chi connectivity index (χ2n) is 5.67. The zero-order valence-corrected chi connectivity index (χ0v) is 12.0. The number of fused-ring (bicyclic) bond motifs is 1. The maximum Gasteiger partial charge on any atom is 0.226 e. The summed E-state index contributed by atoms with van der Waals surface area (Å²) in [5.74, 6) is 1.42. The second-order valence-corrected chi connectivity index (χ2v) is 5.67. The standard InChI is InChI=1S/C16H22N2O2/c1-20-15-3-2-12-6-9-18(11-14(12)10-15)16(19)13-4-7-17-8-5-13/h2-3,10,13,17H,4-9,11H2,1H3. The van der Waals surface area contributed by atoms with Crippen LogP contribution in [0, 0.1) is 5.92 Å². The first-order chi connectivity index (χ1) is 9.78. The summed E-state index contributed by atoms with van der Waals surface area (Å²) in [6, 6.07) is 6.20. The summed E-state index contributed by atoms with van der Waals surface area (Å²) in [6.07, 6.45) is 2.90. The summed E-state index contributed by atoms with van der Waals surface area (Å²) in [5, 5.41) is 3.32. The number of carbonyl (C=O) groups excluding carboxylic acids is 1. The number of methoxy groups -OCH3 is 1. The molecule has 3 rings (SSSR count). The van der Waals surface area contributed by atoms with Crippen LogP contribution in [0.1, 0.15) is 24.0 Å². The topological polar surface area (TPSA) is 41.6 Å². The van der Waals surface area contributed by atoms with Crippen molar-refractivity contribution < 1.29 is 9.53 Å². The number of ether oxygens (including phenoxy) is 1. The van der Waals surface area contributed by atoms with Crippen LogP contribution in [0.2, 0.25) is 0 Å². The van der Waals surface area contributed by atoms with Crippen molar-refractivity contribution >= 4 is 5.91 Å². The molecule has 0 atom stereocenters. The first kappa shape index (κ1) is 13.4. The van der Waals surface area contributed by atoms with Crippen molar-refractivity contribution in [1.29, 1.82) is 0 Å². The van der Waals surface area contributed by atoms with E-state index in [1.54, 1.807) is 7.11 Å². The predicted molar refractivity (Wildman–Crippen MR) is 77.7 cm³/mol. The summed E-state index contributed by atoms with van der Waals surface area (Å²) in [6.45, 7) is 3.51. The van der Waals surface area contributed by atoms with Crippen molar-refractivity contribution in [3.8, 4) is 5.75 Å². The van der Waals surface area contributed by atoms with Crippen LogP contribution < -0.4 is 10.1 Å². The van der Waals surface area contributed by atoms with Crippen LogP contribution in [0.3, 0.4) is 0 Å². The Kier molecular flexibility index (Phi) is 3.92. The molecule has 0 aliphatic carbocycles. The average molecular weight is 274 g/mol. The molecule has 1 aromatic carbocycles. The van der Waals surface area contributed by atoms with Gasteiger partial charge in [0.05, 0.1) is 7.11 Å². The molecule has 0 radical (unpaired) electrons. The average Bonchev–Trinajstić information content (AvgIpc) is 2.54. The highest BCUT2D eigenvalue weighted by molar-refractivity contribution is 5.79. The SMILES string of the molecule is COc1ccc2c(c1)CN(C(=O)C1CCNCC1)CC2. The fourth-order valence-corrected chi connectivity index (χ4v) is 3.18. The maximum absolute atomic E-state index is 12.6. The van der Waals surface area contributed by atoms with Crippen LogP contribution in [0.25, 0.3) is 0 Å². The molecule has 4 nitrogen and oxygen atoms in total. The number of nitrogens with one attached hydrogen (secondary N) is 1. The van der Waals surface area contributed by atoms with E-state index in [-0.39, 0.29) is 5.92 Å². The highest BCUT2D eigenvalue weighted by atomic mass is 16.5. The van der Waals surface area contributed by atoms with Gasteiger partial charge in [0.25, 0.3) is 0 Å². The highest BCUT2D eigenvalue weighted by Crippen LogP contribution is 2.26. The van der Waals surface area contributed by atoms with E-state index < -0.39 is 0 Å². The maximum atomic E-state index is 12.6. The summed E-state index contributed by atoms with van der Waals surface area (Å²) in [7, 11) is 1.68. The van der Waals surface area contributed by atoms with Crippen molar-refractivity contribution in [2.75, 3.05) is 26.7 Å². The van der Waals surface area contributed by atoms with Gasteiger partial charge in [-0.2, -0.15) is 0 Å². The van der Waals surface area contributed by atoms with Gasteiger partial charge in [-0.15, -0.1) is 0 Å². The number of benzene rings is 1. The molecular formula is C16H22N2O2. The Morgan fingerprint density at radius 2 is 2.10 bits per heavy atom. The van der Waals surface area contributed by atoms with Crippen LogP contribution >= 0.6 is 0 Å². The van der Waals surface area contributed by atoms with Crippen molar-refractivity contribution in [2.45, 2.75) is 25.8 Å². The molecule has 20 heavy (non-hydrogen) atoms. The van der Waals surface area contributed by atoms with E-state index in [9.17, 15) is 4.79 Å². The van der Waals surface area contributed by atoms with Gasteiger partial charge < -0.3 is 15.0 Å². The zero-order valence-electron chi connectivity index (χ0n) is 12.0. The van der Waals surface area contributed by atoms with Crippen LogP contribution in [0.4, 0.5) is 0 Å². The second kappa shape index (κ2) is 5.83. The Labute approximate surface area is 120 Å². The Hall–Kier alpha value is -1.55. The lowest BCUT2D eigenvalue weighted by Gasteiger charge is -2.33. The lowest BCUT2D eigenvalue weighted by Crippen LogP contribution is -2.43. The number of piperidine rings is 1. The molecule has 4 heteroatoms. The largest absolute Gasteiger partial charge is 0.497 e. The number of rotatable bonds is 2. The molecule has 2 aliphatic rings. The van der Waals surface area contributed by atoms with Gasteiger partial charge in [0.2, 0.25) is 5.91 Å². The van der Waals surface area contributed by atoms with Crippen LogP contribution in [0.5, 0.6) is 5.75 Å². The Bertz CT molecular complexity index is 495. The molecular weight excluding hydrogens is 252 g/mol. The third kappa shape index (κ3) is 2.66. The van der Waals surface area contributed by atoms with Gasteiger partial charge >= 0.3 is 0 Å². The number of hydrogen-bond acceptors (Lipinski definition) is 3. The minimum Gasteiger partial charge on any atom is -0.497 e. The van der Waals surface area contributed by atoms with Crippen molar-refractivity contribution in [3.05, 3.63) is 29.3 Å². The fourth-order valence-electron chi connectivity index (χ4n) is 3.18. The summed E-state index contributed by atoms with van der Waals surface area (Å²) in [5.41, 5.74) is 2.58. The monoisotopic (exact) mass is 274 g/mol. The van der Waals surface area contributed by atoms with Gasteiger partial charge in [0.1, 0.15) is 5.75 Å². The molecule has 0 saturated carbocycles. The first-order valence-electron chi connectivity index (χ1n) is 7.43.